The monoisotopic (exact) mass is 336 g/mol. The minimum Gasteiger partial charge on any atom is -0.393 e. The number of benzene rings is 1. The molecule has 3 rings (SSSR count). The lowest BCUT2D eigenvalue weighted by Gasteiger charge is -2.19. The van der Waals surface area contributed by atoms with E-state index in [1.807, 2.05) is 11.0 Å². The molecule has 122 valence electrons. The largest absolute Gasteiger partial charge is 0.393 e. The highest BCUT2D eigenvalue weighted by atomic mass is 35.5. The summed E-state index contributed by atoms with van der Waals surface area (Å²) in [6, 6.07) is 6.82. The predicted octanol–water partition coefficient (Wildman–Crippen LogP) is 2.37. The number of nitrogen functional groups attached to an aromatic ring is 2. The van der Waals surface area contributed by atoms with E-state index in [1.165, 1.54) is 6.07 Å². The highest BCUT2D eigenvalue weighted by molar-refractivity contribution is 6.32. The Hall–Kier alpha value is -2.28. The quantitative estimate of drug-likeness (QED) is 0.742. The van der Waals surface area contributed by atoms with E-state index in [4.69, 9.17) is 23.1 Å². The lowest BCUT2D eigenvalue weighted by Crippen LogP contribution is -2.23. The number of nitrogens with one attached hydrogen (secondary N) is 1. The number of aromatic nitrogens is 2. The van der Waals surface area contributed by atoms with E-state index in [9.17, 15) is 4.39 Å². The molecule has 1 aliphatic rings. The molecule has 0 amide bonds. The first kappa shape index (κ1) is 15.6. The van der Waals surface area contributed by atoms with Crippen LogP contribution in [0.25, 0.3) is 0 Å². The van der Waals surface area contributed by atoms with E-state index >= 15 is 0 Å². The van der Waals surface area contributed by atoms with Gasteiger partial charge in [-0.25, -0.2) is 4.39 Å². The number of para-hydroxylation sites is 1. The Balaban J connectivity index is 1.62. The summed E-state index contributed by atoms with van der Waals surface area (Å²) in [6.45, 7) is 2.24. The first-order valence-electron chi connectivity index (χ1n) is 7.36. The van der Waals surface area contributed by atoms with Crippen molar-refractivity contribution >= 4 is 34.7 Å². The molecular formula is C15H18ClFN6. The summed E-state index contributed by atoms with van der Waals surface area (Å²) in [5.41, 5.74) is 12.3. The van der Waals surface area contributed by atoms with Crippen molar-refractivity contribution in [3.05, 3.63) is 35.2 Å². The van der Waals surface area contributed by atoms with E-state index in [1.54, 1.807) is 12.1 Å². The molecule has 1 aromatic heterocycles. The fraction of sp³-hybridized carbons (Fsp3) is 0.333. The molecular weight excluding hydrogens is 319 g/mol. The molecule has 1 aromatic carbocycles. The number of halogens is 2. The van der Waals surface area contributed by atoms with Crippen molar-refractivity contribution < 1.29 is 4.39 Å². The smallest absolute Gasteiger partial charge is 0.223 e. The molecule has 0 aliphatic carbocycles. The maximum atomic E-state index is 13.8. The van der Waals surface area contributed by atoms with Crippen LogP contribution in [0.3, 0.4) is 0 Å². The lowest BCUT2D eigenvalue weighted by atomic mass is 10.1. The second kappa shape index (κ2) is 6.45. The van der Waals surface area contributed by atoms with Crippen LogP contribution in [0.4, 0.5) is 27.5 Å². The molecule has 5 N–H and O–H groups in total. The van der Waals surface area contributed by atoms with Gasteiger partial charge in [0.15, 0.2) is 11.0 Å². The number of anilines is 4. The number of hydrogen-bond acceptors (Lipinski definition) is 6. The third kappa shape index (κ3) is 3.39. The molecule has 1 unspecified atom stereocenters. The van der Waals surface area contributed by atoms with Crippen LogP contribution >= 0.6 is 11.6 Å². The number of nitrogens with zero attached hydrogens (tertiary/aromatic N) is 3. The van der Waals surface area contributed by atoms with Gasteiger partial charge in [0.2, 0.25) is 5.95 Å². The van der Waals surface area contributed by atoms with Crippen LogP contribution < -0.4 is 21.7 Å². The van der Waals surface area contributed by atoms with E-state index in [2.05, 4.69) is 15.3 Å². The SMILES string of the molecule is Nc1nc(Cl)c(N)c(NCC2CCN(c3ccccc3F)C2)n1. The predicted molar refractivity (Wildman–Crippen MR) is 91.1 cm³/mol. The van der Waals surface area contributed by atoms with Gasteiger partial charge in [0, 0.05) is 19.6 Å². The third-order valence-electron chi connectivity index (χ3n) is 3.95. The molecule has 8 heteroatoms. The molecule has 2 heterocycles. The molecule has 1 saturated heterocycles. The maximum absolute atomic E-state index is 13.8. The van der Waals surface area contributed by atoms with Crippen LogP contribution in [-0.4, -0.2) is 29.6 Å². The van der Waals surface area contributed by atoms with Gasteiger partial charge in [0.1, 0.15) is 11.5 Å². The van der Waals surface area contributed by atoms with Crippen molar-refractivity contribution in [2.24, 2.45) is 5.92 Å². The topological polar surface area (TPSA) is 93.1 Å². The fourth-order valence-corrected chi connectivity index (χ4v) is 2.94. The Kier molecular flexibility index (Phi) is 4.38. The van der Waals surface area contributed by atoms with Gasteiger partial charge in [-0.2, -0.15) is 9.97 Å². The summed E-state index contributed by atoms with van der Waals surface area (Å²) in [5.74, 6) is 0.669. The molecule has 0 saturated carbocycles. The van der Waals surface area contributed by atoms with E-state index < -0.39 is 0 Å². The van der Waals surface area contributed by atoms with Gasteiger partial charge in [-0.1, -0.05) is 23.7 Å². The summed E-state index contributed by atoms with van der Waals surface area (Å²) in [5, 5.41) is 3.30. The molecule has 1 atom stereocenters. The molecule has 2 aromatic rings. The van der Waals surface area contributed by atoms with Crippen molar-refractivity contribution in [1.29, 1.82) is 0 Å². The zero-order chi connectivity index (χ0) is 16.4. The Labute approximate surface area is 138 Å². The molecule has 1 aliphatic heterocycles. The summed E-state index contributed by atoms with van der Waals surface area (Å²) in [6.07, 6.45) is 0.954. The van der Waals surface area contributed by atoms with Crippen LogP contribution in [0.2, 0.25) is 5.15 Å². The van der Waals surface area contributed by atoms with Gasteiger partial charge in [-0.05, 0) is 24.5 Å². The zero-order valence-corrected chi connectivity index (χ0v) is 13.2. The minimum atomic E-state index is -0.194. The van der Waals surface area contributed by atoms with Crippen LogP contribution in [0.1, 0.15) is 6.42 Å². The second-order valence-electron chi connectivity index (χ2n) is 5.57. The normalized spacial score (nSPS) is 17.5. The third-order valence-corrected chi connectivity index (χ3v) is 4.24. The van der Waals surface area contributed by atoms with E-state index in [-0.39, 0.29) is 22.6 Å². The summed E-state index contributed by atoms with van der Waals surface area (Å²) < 4.78 is 13.8. The first-order chi connectivity index (χ1) is 11.0. The zero-order valence-electron chi connectivity index (χ0n) is 12.5. The van der Waals surface area contributed by atoms with E-state index in [0.717, 1.165) is 19.5 Å². The molecule has 0 radical (unpaired) electrons. The lowest BCUT2D eigenvalue weighted by molar-refractivity contribution is 0.610. The Morgan fingerprint density at radius 1 is 1.30 bits per heavy atom. The van der Waals surface area contributed by atoms with Crippen LogP contribution in [-0.2, 0) is 0 Å². The van der Waals surface area contributed by atoms with Gasteiger partial charge in [0.25, 0.3) is 0 Å². The average Bonchev–Trinajstić information content (AvgIpc) is 2.98. The van der Waals surface area contributed by atoms with Crippen LogP contribution in [0, 0.1) is 11.7 Å². The number of nitrogens with two attached hydrogens (primary N) is 2. The van der Waals surface area contributed by atoms with Crippen molar-refractivity contribution in [1.82, 2.24) is 9.97 Å². The number of hydrogen-bond donors (Lipinski definition) is 3. The van der Waals surface area contributed by atoms with Gasteiger partial charge in [0.05, 0.1) is 5.69 Å². The Morgan fingerprint density at radius 3 is 2.87 bits per heavy atom. The van der Waals surface area contributed by atoms with Crippen molar-refractivity contribution in [3.8, 4) is 0 Å². The molecule has 6 nitrogen and oxygen atoms in total. The maximum Gasteiger partial charge on any atom is 0.223 e. The molecule has 0 spiro atoms. The van der Waals surface area contributed by atoms with Gasteiger partial charge >= 0.3 is 0 Å². The first-order valence-corrected chi connectivity index (χ1v) is 7.74. The van der Waals surface area contributed by atoms with E-state index in [0.29, 0.717) is 24.0 Å². The second-order valence-corrected chi connectivity index (χ2v) is 5.93. The standard InChI is InChI=1S/C15H18ClFN6/c16-13-12(18)14(22-15(19)21-13)20-7-9-5-6-23(8-9)11-4-2-1-3-10(11)17/h1-4,9H,5-8,18H2,(H3,19,20,21,22). The minimum absolute atomic E-state index is 0.0751. The number of rotatable bonds is 4. The van der Waals surface area contributed by atoms with Crippen molar-refractivity contribution in [2.75, 3.05) is 41.3 Å². The Bertz CT molecular complexity index is 710. The van der Waals surface area contributed by atoms with Gasteiger partial charge < -0.3 is 21.7 Å². The highest BCUT2D eigenvalue weighted by Crippen LogP contribution is 2.28. The summed E-state index contributed by atoms with van der Waals surface area (Å²) >= 11 is 5.89. The van der Waals surface area contributed by atoms with Crippen molar-refractivity contribution in [2.45, 2.75) is 6.42 Å². The van der Waals surface area contributed by atoms with Gasteiger partial charge in [-0.15, -0.1) is 0 Å². The molecule has 1 fully saturated rings. The average molecular weight is 337 g/mol. The summed E-state index contributed by atoms with van der Waals surface area (Å²) in [7, 11) is 0. The molecule has 0 bridgehead atoms. The van der Waals surface area contributed by atoms with Gasteiger partial charge in [-0.3, -0.25) is 0 Å². The van der Waals surface area contributed by atoms with Crippen molar-refractivity contribution in [3.63, 3.8) is 0 Å². The molecule has 23 heavy (non-hydrogen) atoms. The summed E-state index contributed by atoms with van der Waals surface area (Å²) in [4.78, 5) is 9.90. The Morgan fingerprint density at radius 2 is 2.09 bits per heavy atom. The fourth-order valence-electron chi connectivity index (χ4n) is 2.76. The van der Waals surface area contributed by atoms with Crippen LogP contribution in [0.15, 0.2) is 24.3 Å². The highest BCUT2D eigenvalue weighted by Gasteiger charge is 2.24. The van der Waals surface area contributed by atoms with Crippen LogP contribution in [0.5, 0.6) is 0 Å².